The molecule has 0 radical (unpaired) electrons. The molecular weight excluding hydrogens is 300 g/mol. The van der Waals surface area contributed by atoms with Gasteiger partial charge in [0.15, 0.2) is 6.29 Å². The lowest BCUT2D eigenvalue weighted by molar-refractivity contribution is 0.111. The molecule has 0 aliphatic carbocycles. The topological polar surface area (TPSA) is 32.8 Å². The molecular formula is C20H24N2O2. The number of rotatable bonds is 5. The monoisotopic (exact) mass is 324 g/mol. The zero-order valence-electron chi connectivity index (χ0n) is 14.4. The molecule has 1 aliphatic heterocycles. The number of nitrogens with zero attached hydrogens (tertiary/aromatic N) is 2. The number of anilines is 1. The molecule has 1 heterocycles. The first-order valence-corrected chi connectivity index (χ1v) is 8.33. The van der Waals surface area contributed by atoms with Crippen molar-refractivity contribution in [3.63, 3.8) is 0 Å². The van der Waals surface area contributed by atoms with Crippen molar-refractivity contribution in [3.05, 3.63) is 53.6 Å². The fourth-order valence-electron chi connectivity index (χ4n) is 3.12. The molecule has 1 saturated heterocycles. The van der Waals surface area contributed by atoms with Crippen LogP contribution in [0.3, 0.4) is 0 Å². The molecule has 126 valence electrons. The van der Waals surface area contributed by atoms with Crippen molar-refractivity contribution in [2.24, 2.45) is 0 Å². The zero-order chi connectivity index (χ0) is 16.9. The molecule has 0 saturated carbocycles. The Hall–Kier alpha value is -2.17. The molecule has 0 N–H and O–H groups in total. The summed E-state index contributed by atoms with van der Waals surface area (Å²) in [7, 11) is 4.14. The summed E-state index contributed by atoms with van der Waals surface area (Å²) in [6.45, 7) is 3.98. The lowest BCUT2D eigenvalue weighted by Crippen LogP contribution is -2.36. The van der Waals surface area contributed by atoms with E-state index in [0.29, 0.717) is 13.2 Å². The van der Waals surface area contributed by atoms with Gasteiger partial charge in [-0.05, 0) is 49.0 Å². The van der Waals surface area contributed by atoms with E-state index in [1.54, 1.807) is 0 Å². The Kier molecular flexibility index (Phi) is 5.28. The second-order valence-corrected chi connectivity index (χ2v) is 6.43. The summed E-state index contributed by atoms with van der Waals surface area (Å²) in [6.07, 6.45) is 0.942. The van der Waals surface area contributed by atoms with Crippen LogP contribution in [0.4, 0.5) is 5.69 Å². The average molecular weight is 324 g/mol. The van der Waals surface area contributed by atoms with Crippen LogP contribution in [0.5, 0.6) is 0 Å². The number of benzene rings is 2. The van der Waals surface area contributed by atoms with Crippen LogP contribution in [-0.2, 0) is 11.3 Å². The van der Waals surface area contributed by atoms with Crippen LogP contribution in [0.15, 0.2) is 42.5 Å². The van der Waals surface area contributed by atoms with Gasteiger partial charge in [-0.3, -0.25) is 4.79 Å². The first kappa shape index (κ1) is 16.7. The van der Waals surface area contributed by atoms with E-state index in [1.807, 2.05) is 12.1 Å². The predicted molar refractivity (Wildman–Crippen MR) is 97.7 cm³/mol. The van der Waals surface area contributed by atoms with Crippen molar-refractivity contribution in [2.45, 2.75) is 6.54 Å². The van der Waals surface area contributed by atoms with E-state index in [4.69, 9.17) is 4.74 Å². The van der Waals surface area contributed by atoms with Gasteiger partial charge < -0.3 is 14.5 Å². The minimum Gasteiger partial charge on any atom is -0.378 e. The molecule has 2 aromatic rings. The van der Waals surface area contributed by atoms with E-state index in [1.165, 1.54) is 11.1 Å². The SMILES string of the molecule is CN(C)Cc1cccc(-c2ccc(C=O)c(N3CCOCC3)c2)c1. The van der Waals surface area contributed by atoms with E-state index in [0.717, 1.165) is 42.7 Å². The van der Waals surface area contributed by atoms with Gasteiger partial charge in [0.1, 0.15) is 0 Å². The van der Waals surface area contributed by atoms with Crippen LogP contribution in [-0.4, -0.2) is 51.6 Å². The molecule has 0 amide bonds. The minimum atomic E-state index is 0.709. The first-order valence-electron chi connectivity index (χ1n) is 8.33. The third-order valence-corrected chi connectivity index (χ3v) is 4.27. The Morgan fingerprint density at radius 3 is 2.54 bits per heavy atom. The maximum atomic E-state index is 11.4. The second-order valence-electron chi connectivity index (χ2n) is 6.43. The van der Waals surface area contributed by atoms with E-state index in [9.17, 15) is 4.79 Å². The van der Waals surface area contributed by atoms with Gasteiger partial charge in [-0.15, -0.1) is 0 Å². The molecule has 1 fully saturated rings. The highest BCUT2D eigenvalue weighted by atomic mass is 16.5. The Bertz CT molecular complexity index is 707. The molecule has 3 rings (SSSR count). The van der Waals surface area contributed by atoms with Gasteiger partial charge in [-0.25, -0.2) is 0 Å². The van der Waals surface area contributed by atoms with Gasteiger partial charge in [-0.1, -0.05) is 24.3 Å². The minimum absolute atomic E-state index is 0.709. The Morgan fingerprint density at radius 2 is 1.83 bits per heavy atom. The second kappa shape index (κ2) is 7.60. The Morgan fingerprint density at radius 1 is 1.08 bits per heavy atom. The van der Waals surface area contributed by atoms with E-state index < -0.39 is 0 Å². The fourth-order valence-corrected chi connectivity index (χ4v) is 3.12. The van der Waals surface area contributed by atoms with Gasteiger partial charge in [0.25, 0.3) is 0 Å². The number of aldehydes is 1. The summed E-state index contributed by atoms with van der Waals surface area (Å²) in [5.74, 6) is 0. The molecule has 24 heavy (non-hydrogen) atoms. The quantitative estimate of drug-likeness (QED) is 0.792. The molecule has 4 heteroatoms. The largest absolute Gasteiger partial charge is 0.378 e. The highest BCUT2D eigenvalue weighted by Gasteiger charge is 2.15. The molecule has 1 aliphatic rings. The van der Waals surface area contributed by atoms with Gasteiger partial charge in [0.05, 0.1) is 13.2 Å². The molecule has 0 unspecified atom stereocenters. The number of morpholine rings is 1. The standard InChI is InChI=1S/C20H24N2O2/c1-21(2)14-16-4-3-5-17(12-16)18-6-7-19(15-23)20(13-18)22-8-10-24-11-9-22/h3-7,12-13,15H,8-11,14H2,1-2H3. The third-order valence-electron chi connectivity index (χ3n) is 4.27. The molecule has 0 spiro atoms. The molecule has 0 aromatic heterocycles. The van der Waals surface area contributed by atoms with E-state index >= 15 is 0 Å². The Labute approximate surface area is 143 Å². The van der Waals surface area contributed by atoms with E-state index in [2.05, 4.69) is 54.2 Å². The van der Waals surface area contributed by atoms with Crippen LogP contribution < -0.4 is 4.90 Å². The first-order chi connectivity index (χ1) is 11.7. The molecule has 2 aromatic carbocycles. The predicted octanol–water partition coefficient (Wildman–Crippen LogP) is 3.06. The van der Waals surface area contributed by atoms with Crippen molar-refractivity contribution < 1.29 is 9.53 Å². The fraction of sp³-hybridized carbons (Fsp3) is 0.350. The number of carbonyl (C=O) groups is 1. The van der Waals surface area contributed by atoms with Gasteiger partial charge >= 0.3 is 0 Å². The van der Waals surface area contributed by atoms with Gasteiger partial charge in [0, 0.05) is 30.9 Å². The molecule has 4 nitrogen and oxygen atoms in total. The number of hydrogen-bond acceptors (Lipinski definition) is 4. The third kappa shape index (κ3) is 3.83. The van der Waals surface area contributed by atoms with Crippen molar-refractivity contribution >= 4 is 12.0 Å². The lowest BCUT2D eigenvalue weighted by atomic mass is 10.00. The maximum Gasteiger partial charge on any atom is 0.152 e. The van der Waals surface area contributed by atoms with Crippen LogP contribution in [0.2, 0.25) is 0 Å². The Balaban J connectivity index is 1.95. The lowest BCUT2D eigenvalue weighted by Gasteiger charge is -2.30. The highest BCUT2D eigenvalue weighted by molar-refractivity contribution is 5.87. The summed E-state index contributed by atoms with van der Waals surface area (Å²) in [5, 5.41) is 0. The van der Waals surface area contributed by atoms with Crippen LogP contribution in [0.25, 0.3) is 11.1 Å². The van der Waals surface area contributed by atoms with Crippen molar-refractivity contribution in [3.8, 4) is 11.1 Å². The molecule has 0 bridgehead atoms. The summed E-state index contributed by atoms with van der Waals surface area (Å²) in [4.78, 5) is 15.8. The van der Waals surface area contributed by atoms with Crippen LogP contribution in [0, 0.1) is 0 Å². The number of carbonyl (C=O) groups excluding carboxylic acids is 1. The summed E-state index contributed by atoms with van der Waals surface area (Å²) in [5.41, 5.74) is 5.35. The van der Waals surface area contributed by atoms with Crippen molar-refractivity contribution in [1.82, 2.24) is 4.90 Å². The van der Waals surface area contributed by atoms with Crippen LogP contribution in [0.1, 0.15) is 15.9 Å². The van der Waals surface area contributed by atoms with E-state index in [-0.39, 0.29) is 0 Å². The average Bonchev–Trinajstić information content (AvgIpc) is 2.61. The van der Waals surface area contributed by atoms with Crippen molar-refractivity contribution in [1.29, 1.82) is 0 Å². The smallest absolute Gasteiger partial charge is 0.152 e. The van der Waals surface area contributed by atoms with Gasteiger partial charge in [-0.2, -0.15) is 0 Å². The number of hydrogen-bond donors (Lipinski definition) is 0. The maximum absolute atomic E-state index is 11.4. The highest BCUT2D eigenvalue weighted by Crippen LogP contribution is 2.29. The molecule has 0 atom stereocenters. The van der Waals surface area contributed by atoms with Crippen molar-refractivity contribution in [2.75, 3.05) is 45.3 Å². The van der Waals surface area contributed by atoms with Gasteiger partial charge in [0.2, 0.25) is 0 Å². The zero-order valence-corrected chi connectivity index (χ0v) is 14.4. The van der Waals surface area contributed by atoms with Crippen LogP contribution >= 0.6 is 0 Å². The normalized spacial score (nSPS) is 14.9. The summed E-state index contributed by atoms with van der Waals surface area (Å²) < 4.78 is 5.43. The summed E-state index contributed by atoms with van der Waals surface area (Å²) >= 11 is 0. The summed E-state index contributed by atoms with van der Waals surface area (Å²) in [6, 6.07) is 14.7. The number of ether oxygens (including phenoxy) is 1.